The second-order valence-electron chi connectivity index (χ2n) is 9.00. The standard InChI is InChI=1S/C34H22/c1-3-8-23(9-4-1)28-20-29(24-10-5-2-6-11-24)22-30(21-28)31-18-16-27-15-14-25-12-7-13-26-17-19-32(31)34(27)33(25)26/h1-22H. The highest BCUT2D eigenvalue weighted by molar-refractivity contribution is 6.25. The third-order valence-electron chi connectivity index (χ3n) is 6.99. The van der Waals surface area contributed by atoms with Gasteiger partial charge in [-0.2, -0.15) is 0 Å². The molecular formula is C34H22. The topological polar surface area (TPSA) is 0 Å². The van der Waals surface area contributed by atoms with E-state index >= 15 is 0 Å². The molecule has 0 fully saturated rings. The van der Waals surface area contributed by atoms with Crippen LogP contribution in [0.15, 0.2) is 133 Å². The average molecular weight is 431 g/mol. The Labute approximate surface area is 199 Å². The summed E-state index contributed by atoms with van der Waals surface area (Å²) in [6, 6.07) is 48.6. The van der Waals surface area contributed by atoms with E-state index in [1.54, 1.807) is 0 Å². The van der Waals surface area contributed by atoms with Crippen molar-refractivity contribution in [1.29, 1.82) is 0 Å². The third-order valence-corrected chi connectivity index (χ3v) is 6.99. The van der Waals surface area contributed by atoms with Gasteiger partial charge in [-0.3, -0.25) is 0 Å². The van der Waals surface area contributed by atoms with Crippen LogP contribution in [0.2, 0.25) is 0 Å². The van der Waals surface area contributed by atoms with Crippen LogP contribution in [-0.4, -0.2) is 0 Å². The molecule has 7 aromatic carbocycles. The maximum atomic E-state index is 2.34. The summed E-state index contributed by atoms with van der Waals surface area (Å²) >= 11 is 0. The van der Waals surface area contributed by atoms with E-state index in [4.69, 9.17) is 0 Å². The average Bonchev–Trinajstić information content (AvgIpc) is 2.92. The zero-order valence-electron chi connectivity index (χ0n) is 18.7. The normalized spacial score (nSPS) is 11.5. The quantitative estimate of drug-likeness (QED) is 0.245. The molecule has 158 valence electrons. The molecule has 7 rings (SSSR count). The Hall–Kier alpha value is -4.42. The first-order chi connectivity index (χ1) is 16.8. The largest absolute Gasteiger partial charge is 0.0622 e. The number of hydrogen-bond acceptors (Lipinski definition) is 0. The molecule has 34 heavy (non-hydrogen) atoms. The molecule has 0 bridgehead atoms. The third kappa shape index (κ3) is 3.00. The smallest absolute Gasteiger partial charge is 0.00206 e. The molecule has 0 saturated heterocycles. The van der Waals surface area contributed by atoms with Crippen LogP contribution in [0.25, 0.3) is 65.7 Å². The van der Waals surface area contributed by atoms with Crippen LogP contribution in [0.5, 0.6) is 0 Å². The Balaban J connectivity index is 1.54. The summed E-state index contributed by atoms with van der Waals surface area (Å²) in [7, 11) is 0. The highest BCUT2D eigenvalue weighted by Crippen LogP contribution is 2.41. The Morgan fingerprint density at radius 1 is 0.294 bits per heavy atom. The minimum Gasteiger partial charge on any atom is -0.0622 e. The second-order valence-corrected chi connectivity index (χ2v) is 9.00. The lowest BCUT2D eigenvalue weighted by Crippen LogP contribution is -1.89. The number of rotatable bonds is 3. The van der Waals surface area contributed by atoms with Crippen molar-refractivity contribution in [3.63, 3.8) is 0 Å². The molecule has 0 spiro atoms. The van der Waals surface area contributed by atoms with Crippen molar-refractivity contribution in [3.8, 4) is 33.4 Å². The summed E-state index contributed by atoms with van der Waals surface area (Å²) in [5.74, 6) is 0. The Bertz CT molecular complexity index is 1700. The fourth-order valence-corrected chi connectivity index (χ4v) is 5.36. The van der Waals surface area contributed by atoms with Gasteiger partial charge in [-0.15, -0.1) is 0 Å². The van der Waals surface area contributed by atoms with Crippen molar-refractivity contribution in [2.75, 3.05) is 0 Å². The monoisotopic (exact) mass is 430 g/mol. The van der Waals surface area contributed by atoms with Crippen molar-refractivity contribution in [2.45, 2.75) is 0 Å². The fourth-order valence-electron chi connectivity index (χ4n) is 5.36. The lowest BCUT2D eigenvalue weighted by molar-refractivity contribution is 1.58. The summed E-state index contributed by atoms with van der Waals surface area (Å²) in [6.45, 7) is 0. The molecule has 0 saturated carbocycles. The van der Waals surface area contributed by atoms with Gasteiger partial charge in [-0.1, -0.05) is 115 Å². The molecule has 0 N–H and O–H groups in total. The first kappa shape index (κ1) is 19.1. The van der Waals surface area contributed by atoms with Crippen molar-refractivity contribution in [3.05, 3.63) is 133 Å². The zero-order chi connectivity index (χ0) is 22.5. The summed E-state index contributed by atoms with van der Waals surface area (Å²) in [6.07, 6.45) is 0. The maximum Gasteiger partial charge on any atom is -0.00206 e. The highest BCUT2D eigenvalue weighted by atomic mass is 14.2. The van der Waals surface area contributed by atoms with Gasteiger partial charge >= 0.3 is 0 Å². The molecule has 0 heteroatoms. The molecule has 0 atom stereocenters. The van der Waals surface area contributed by atoms with E-state index in [0.717, 1.165) is 0 Å². The van der Waals surface area contributed by atoms with Crippen LogP contribution < -0.4 is 0 Å². The van der Waals surface area contributed by atoms with E-state index in [0.29, 0.717) is 0 Å². The van der Waals surface area contributed by atoms with Crippen LogP contribution in [0.1, 0.15) is 0 Å². The molecular weight excluding hydrogens is 408 g/mol. The van der Waals surface area contributed by atoms with E-state index in [-0.39, 0.29) is 0 Å². The van der Waals surface area contributed by atoms with E-state index in [1.165, 1.54) is 65.7 Å². The molecule has 0 aromatic heterocycles. The van der Waals surface area contributed by atoms with Gasteiger partial charge in [0.05, 0.1) is 0 Å². The van der Waals surface area contributed by atoms with Gasteiger partial charge in [0.15, 0.2) is 0 Å². The summed E-state index contributed by atoms with van der Waals surface area (Å²) in [5.41, 5.74) is 7.47. The summed E-state index contributed by atoms with van der Waals surface area (Å²) in [5, 5.41) is 7.93. The first-order valence-electron chi connectivity index (χ1n) is 11.8. The molecule has 0 radical (unpaired) electrons. The van der Waals surface area contributed by atoms with Crippen LogP contribution in [0.4, 0.5) is 0 Å². The van der Waals surface area contributed by atoms with Crippen LogP contribution in [-0.2, 0) is 0 Å². The van der Waals surface area contributed by atoms with Crippen LogP contribution >= 0.6 is 0 Å². The molecule has 0 aliphatic rings. The molecule has 7 aromatic rings. The van der Waals surface area contributed by atoms with E-state index in [1.807, 2.05) is 0 Å². The van der Waals surface area contributed by atoms with Gasteiger partial charge in [-0.05, 0) is 83.9 Å². The van der Waals surface area contributed by atoms with Gasteiger partial charge in [-0.25, -0.2) is 0 Å². The molecule has 0 unspecified atom stereocenters. The van der Waals surface area contributed by atoms with Gasteiger partial charge in [0.1, 0.15) is 0 Å². The number of benzene rings is 7. The zero-order valence-corrected chi connectivity index (χ0v) is 18.7. The first-order valence-corrected chi connectivity index (χ1v) is 11.8. The maximum absolute atomic E-state index is 2.34. The second kappa shape index (κ2) is 7.57. The van der Waals surface area contributed by atoms with E-state index in [2.05, 4.69) is 133 Å². The summed E-state index contributed by atoms with van der Waals surface area (Å²) < 4.78 is 0. The minimum atomic E-state index is 1.24. The molecule has 0 aliphatic heterocycles. The van der Waals surface area contributed by atoms with Crippen molar-refractivity contribution < 1.29 is 0 Å². The fraction of sp³-hybridized carbons (Fsp3) is 0. The van der Waals surface area contributed by atoms with E-state index < -0.39 is 0 Å². The summed E-state index contributed by atoms with van der Waals surface area (Å²) in [4.78, 5) is 0. The predicted molar refractivity (Wildman–Crippen MR) is 146 cm³/mol. The Morgan fingerprint density at radius 3 is 1.41 bits per heavy atom. The lowest BCUT2D eigenvalue weighted by atomic mass is 9.88. The van der Waals surface area contributed by atoms with Crippen LogP contribution in [0, 0.1) is 0 Å². The van der Waals surface area contributed by atoms with Gasteiger partial charge in [0, 0.05) is 0 Å². The van der Waals surface area contributed by atoms with Crippen molar-refractivity contribution >= 4 is 32.3 Å². The van der Waals surface area contributed by atoms with Gasteiger partial charge < -0.3 is 0 Å². The lowest BCUT2D eigenvalue weighted by Gasteiger charge is -2.16. The van der Waals surface area contributed by atoms with E-state index in [9.17, 15) is 0 Å². The molecule has 0 amide bonds. The molecule has 0 aliphatic carbocycles. The highest BCUT2D eigenvalue weighted by Gasteiger charge is 2.14. The number of hydrogen-bond donors (Lipinski definition) is 0. The van der Waals surface area contributed by atoms with Crippen molar-refractivity contribution in [2.24, 2.45) is 0 Å². The van der Waals surface area contributed by atoms with Crippen molar-refractivity contribution in [1.82, 2.24) is 0 Å². The van der Waals surface area contributed by atoms with Gasteiger partial charge in [0.2, 0.25) is 0 Å². The van der Waals surface area contributed by atoms with Crippen LogP contribution in [0.3, 0.4) is 0 Å². The predicted octanol–water partition coefficient (Wildman–Crippen LogP) is 9.58. The Kier molecular flexibility index (Phi) is 4.25. The SMILES string of the molecule is c1ccc(-c2cc(-c3ccccc3)cc(-c3ccc4ccc5cccc6ccc3c4c56)c2)cc1. The molecule has 0 heterocycles. The molecule has 0 nitrogen and oxygen atoms in total. The van der Waals surface area contributed by atoms with Gasteiger partial charge in [0.25, 0.3) is 0 Å². The minimum absolute atomic E-state index is 1.24. The Morgan fingerprint density at radius 2 is 0.794 bits per heavy atom.